The standard InChI is InChI=1S/C8H12O3/c1-11-5-4-6-2-3-7(9)8(6)10/h6H,2-5H2,1H3. The molecule has 1 aliphatic carbocycles. The maximum atomic E-state index is 11.0. The zero-order chi connectivity index (χ0) is 8.27. The number of carbonyl (C=O) groups is 2. The molecule has 0 saturated heterocycles. The highest BCUT2D eigenvalue weighted by Crippen LogP contribution is 2.21. The Kier molecular flexibility index (Phi) is 2.76. The Labute approximate surface area is 65.7 Å². The van der Waals surface area contributed by atoms with E-state index in [1.165, 1.54) is 0 Å². The van der Waals surface area contributed by atoms with Crippen molar-refractivity contribution in [1.29, 1.82) is 0 Å². The van der Waals surface area contributed by atoms with Gasteiger partial charge < -0.3 is 4.74 Å². The van der Waals surface area contributed by atoms with Crippen LogP contribution in [0.4, 0.5) is 0 Å². The number of ether oxygens (including phenoxy) is 1. The van der Waals surface area contributed by atoms with Gasteiger partial charge in [0.15, 0.2) is 5.78 Å². The molecule has 0 N–H and O–H groups in total. The van der Waals surface area contributed by atoms with E-state index in [2.05, 4.69) is 0 Å². The summed E-state index contributed by atoms with van der Waals surface area (Å²) in [6.45, 7) is 0.573. The summed E-state index contributed by atoms with van der Waals surface area (Å²) in [7, 11) is 1.60. The lowest BCUT2D eigenvalue weighted by Crippen LogP contribution is -2.14. The molecule has 0 heterocycles. The molecule has 0 radical (unpaired) electrons. The second-order valence-corrected chi connectivity index (χ2v) is 2.80. The zero-order valence-corrected chi connectivity index (χ0v) is 6.63. The number of methoxy groups -OCH3 is 1. The minimum atomic E-state index is -0.203. The van der Waals surface area contributed by atoms with Crippen LogP contribution in [0.25, 0.3) is 0 Å². The largest absolute Gasteiger partial charge is 0.385 e. The fraction of sp³-hybridized carbons (Fsp3) is 0.750. The van der Waals surface area contributed by atoms with Crippen molar-refractivity contribution >= 4 is 11.6 Å². The maximum Gasteiger partial charge on any atom is 0.201 e. The van der Waals surface area contributed by atoms with Crippen molar-refractivity contribution in [3.63, 3.8) is 0 Å². The molecular weight excluding hydrogens is 144 g/mol. The van der Waals surface area contributed by atoms with E-state index in [1.54, 1.807) is 7.11 Å². The number of hydrogen-bond acceptors (Lipinski definition) is 3. The minimum Gasteiger partial charge on any atom is -0.385 e. The first-order valence-corrected chi connectivity index (χ1v) is 3.81. The van der Waals surface area contributed by atoms with Gasteiger partial charge in [0.05, 0.1) is 0 Å². The molecule has 1 saturated carbocycles. The van der Waals surface area contributed by atoms with E-state index in [0.717, 1.165) is 6.42 Å². The monoisotopic (exact) mass is 156 g/mol. The Bertz CT molecular complexity index is 174. The topological polar surface area (TPSA) is 43.4 Å². The number of Topliss-reactive ketones (excluding diaryl/α,β-unsaturated/α-hetero) is 2. The first-order valence-electron chi connectivity index (χ1n) is 3.81. The molecule has 0 aromatic carbocycles. The molecule has 3 nitrogen and oxygen atoms in total. The van der Waals surface area contributed by atoms with Gasteiger partial charge in [0, 0.05) is 26.1 Å². The number of ketones is 2. The SMILES string of the molecule is COCCC1CCC(=O)C1=O. The van der Waals surface area contributed by atoms with Crippen molar-refractivity contribution in [2.45, 2.75) is 19.3 Å². The molecule has 3 heteroatoms. The van der Waals surface area contributed by atoms with Gasteiger partial charge in [-0.25, -0.2) is 0 Å². The second-order valence-electron chi connectivity index (χ2n) is 2.80. The van der Waals surface area contributed by atoms with Gasteiger partial charge in [-0.05, 0) is 12.8 Å². The van der Waals surface area contributed by atoms with Gasteiger partial charge in [0.2, 0.25) is 5.78 Å². The fourth-order valence-corrected chi connectivity index (χ4v) is 1.32. The highest BCUT2D eigenvalue weighted by molar-refractivity contribution is 6.39. The highest BCUT2D eigenvalue weighted by Gasteiger charge is 2.31. The summed E-state index contributed by atoms with van der Waals surface area (Å²) in [4.78, 5) is 21.8. The van der Waals surface area contributed by atoms with Gasteiger partial charge >= 0.3 is 0 Å². The van der Waals surface area contributed by atoms with Crippen LogP contribution in [0.1, 0.15) is 19.3 Å². The lowest BCUT2D eigenvalue weighted by Gasteiger charge is -2.03. The van der Waals surface area contributed by atoms with Crippen LogP contribution in [0, 0.1) is 5.92 Å². The predicted octanol–water partition coefficient (Wildman–Crippen LogP) is 0.571. The minimum absolute atomic E-state index is 0.0533. The summed E-state index contributed by atoms with van der Waals surface area (Å²) >= 11 is 0. The molecule has 1 rings (SSSR count). The summed E-state index contributed by atoms with van der Waals surface area (Å²) in [6.07, 6.45) is 1.86. The van der Waals surface area contributed by atoms with Gasteiger partial charge in [-0.3, -0.25) is 9.59 Å². The summed E-state index contributed by atoms with van der Waals surface area (Å²) in [5.74, 6) is -0.449. The van der Waals surface area contributed by atoms with Crippen molar-refractivity contribution in [2.24, 2.45) is 5.92 Å². The molecule has 0 aromatic heterocycles. The van der Waals surface area contributed by atoms with E-state index in [0.29, 0.717) is 19.4 Å². The van der Waals surface area contributed by atoms with E-state index < -0.39 is 0 Å². The molecule has 0 amide bonds. The first kappa shape index (κ1) is 8.40. The van der Waals surface area contributed by atoms with E-state index >= 15 is 0 Å². The molecule has 0 bridgehead atoms. The second kappa shape index (κ2) is 3.62. The van der Waals surface area contributed by atoms with Crippen LogP contribution in [0.5, 0.6) is 0 Å². The molecule has 1 atom stereocenters. The Hall–Kier alpha value is -0.700. The third-order valence-corrected chi connectivity index (χ3v) is 2.04. The van der Waals surface area contributed by atoms with Crippen LogP contribution in [0.3, 0.4) is 0 Å². The number of hydrogen-bond donors (Lipinski definition) is 0. The van der Waals surface area contributed by atoms with Gasteiger partial charge in [0.25, 0.3) is 0 Å². The van der Waals surface area contributed by atoms with Crippen LogP contribution < -0.4 is 0 Å². The lowest BCUT2D eigenvalue weighted by molar-refractivity contribution is -0.135. The molecule has 1 unspecified atom stereocenters. The summed E-state index contributed by atoms with van der Waals surface area (Å²) in [5.41, 5.74) is 0. The van der Waals surface area contributed by atoms with E-state index in [1.807, 2.05) is 0 Å². The van der Waals surface area contributed by atoms with Crippen LogP contribution in [-0.4, -0.2) is 25.3 Å². The van der Waals surface area contributed by atoms with Gasteiger partial charge in [-0.1, -0.05) is 0 Å². The molecule has 11 heavy (non-hydrogen) atoms. The third-order valence-electron chi connectivity index (χ3n) is 2.04. The Balaban J connectivity index is 2.36. The quantitative estimate of drug-likeness (QED) is 0.561. The van der Waals surface area contributed by atoms with Crippen molar-refractivity contribution in [3.05, 3.63) is 0 Å². The van der Waals surface area contributed by atoms with E-state index in [-0.39, 0.29) is 17.5 Å². The smallest absolute Gasteiger partial charge is 0.201 e. The predicted molar refractivity (Wildman–Crippen MR) is 39.2 cm³/mol. The normalized spacial score (nSPS) is 24.6. The molecular formula is C8H12O3. The Morgan fingerprint density at radius 2 is 2.27 bits per heavy atom. The van der Waals surface area contributed by atoms with E-state index in [4.69, 9.17) is 4.74 Å². The molecule has 0 aromatic rings. The van der Waals surface area contributed by atoms with Crippen LogP contribution >= 0.6 is 0 Å². The van der Waals surface area contributed by atoms with Gasteiger partial charge in [-0.2, -0.15) is 0 Å². The average Bonchev–Trinajstić information content (AvgIpc) is 2.31. The Morgan fingerprint density at radius 3 is 2.73 bits per heavy atom. The van der Waals surface area contributed by atoms with Crippen molar-refractivity contribution in [2.75, 3.05) is 13.7 Å². The van der Waals surface area contributed by atoms with Crippen LogP contribution in [0.15, 0.2) is 0 Å². The van der Waals surface area contributed by atoms with Crippen LogP contribution in [0.2, 0.25) is 0 Å². The Morgan fingerprint density at radius 1 is 1.55 bits per heavy atom. The van der Waals surface area contributed by atoms with Crippen molar-refractivity contribution in [1.82, 2.24) is 0 Å². The van der Waals surface area contributed by atoms with Crippen molar-refractivity contribution in [3.8, 4) is 0 Å². The summed E-state index contributed by atoms with van der Waals surface area (Å²) < 4.78 is 4.82. The molecule has 1 fully saturated rings. The molecule has 0 spiro atoms. The highest BCUT2D eigenvalue weighted by atomic mass is 16.5. The third kappa shape index (κ3) is 1.87. The maximum absolute atomic E-state index is 11.0. The zero-order valence-electron chi connectivity index (χ0n) is 6.63. The summed E-state index contributed by atoms with van der Waals surface area (Å²) in [5, 5.41) is 0. The van der Waals surface area contributed by atoms with Gasteiger partial charge in [0.1, 0.15) is 0 Å². The average molecular weight is 156 g/mol. The molecule has 0 aliphatic heterocycles. The van der Waals surface area contributed by atoms with Gasteiger partial charge in [-0.15, -0.1) is 0 Å². The molecule has 1 aliphatic rings. The number of rotatable bonds is 3. The summed E-state index contributed by atoms with van der Waals surface area (Å²) in [6, 6.07) is 0. The lowest BCUT2D eigenvalue weighted by atomic mass is 10.0. The number of carbonyl (C=O) groups excluding carboxylic acids is 2. The van der Waals surface area contributed by atoms with E-state index in [9.17, 15) is 9.59 Å². The molecule has 62 valence electrons. The van der Waals surface area contributed by atoms with Crippen molar-refractivity contribution < 1.29 is 14.3 Å². The fourth-order valence-electron chi connectivity index (χ4n) is 1.32. The first-order chi connectivity index (χ1) is 5.25. The van der Waals surface area contributed by atoms with Crippen LogP contribution in [-0.2, 0) is 14.3 Å².